The minimum absolute atomic E-state index is 0.0489. The predicted octanol–water partition coefficient (Wildman–Crippen LogP) is 0.428. The average Bonchev–Trinajstić information content (AvgIpc) is 2.48. The summed E-state index contributed by atoms with van der Waals surface area (Å²) in [6.45, 7) is 0.479. The summed E-state index contributed by atoms with van der Waals surface area (Å²) in [4.78, 5) is 22.5. The highest BCUT2D eigenvalue weighted by atomic mass is 16.5. The van der Waals surface area contributed by atoms with Crippen molar-refractivity contribution in [2.45, 2.75) is 12.6 Å². The Morgan fingerprint density at radius 1 is 1.40 bits per heavy atom. The Hall–Kier alpha value is -2.44. The standard InChI is InChI=1S/C13H16N2O5/c1-18-9-4-3-8(11(5-9)19-2)7-20-13(17)15-10-6-14-12(10)16/h3-5,10H,6-7H2,1-2H3,(H,14,16)(H,15,17). The molecule has 1 saturated heterocycles. The Kier molecular flexibility index (Phi) is 4.29. The van der Waals surface area contributed by atoms with Crippen LogP contribution < -0.4 is 20.1 Å². The first-order valence-electron chi connectivity index (χ1n) is 6.06. The first-order valence-corrected chi connectivity index (χ1v) is 6.06. The van der Waals surface area contributed by atoms with E-state index >= 15 is 0 Å². The van der Waals surface area contributed by atoms with Crippen molar-refractivity contribution < 1.29 is 23.8 Å². The van der Waals surface area contributed by atoms with E-state index in [1.165, 1.54) is 7.11 Å². The van der Waals surface area contributed by atoms with E-state index in [0.29, 0.717) is 23.6 Å². The van der Waals surface area contributed by atoms with Crippen molar-refractivity contribution in [2.75, 3.05) is 20.8 Å². The summed E-state index contributed by atoms with van der Waals surface area (Å²) >= 11 is 0. The molecule has 0 aromatic heterocycles. The van der Waals surface area contributed by atoms with Crippen LogP contribution in [0.3, 0.4) is 0 Å². The molecule has 1 fully saturated rings. The zero-order chi connectivity index (χ0) is 14.5. The van der Waals surface area contributed by atoms with Crippen molar-refractivity contribution in [2.24, 2.45) is 0 Å². The minimum Gasteiger partial charge on any atom is -0.497 e. The lowest BCUT2D eigenvalue weighted by atomic mass is 10.2. The van der Waals surface area contributed by atoms with E-state index in [0.717, 1.165) is 0 Å². The third-order valence-electron chi connectivity index (χ3n) is 2.94. The molecule has 1 unspecified atom stereocenters. The second-order valence-corrected chi connectivity index (χ2v) is 4.20. The van der Waals surface area contributed by atoms with Crippen LogP contribution in [0, 0.1) is 0 Å². The van der Waals surface area contributed by atoms with Gasteiger partial charge in [0.25, 0.3) is 0 Å². The van der Waals surface area contributed by atoms with Crippen LogP contribution in [0.1, 0.15) is 5.56 Å². The molecule has 0 saturated carbocycles. The highest BCUT2D eigenvalue weighted by Crippen LogP contribution is 2.25. The monoisotopic (exact) mass is 280 g/mol. The number of hydrogen-bond donors (Lipinski definition) is 2. The molecule has 2 rings (SSSR count). The van der Waals surface area contributed by atoms with Crippen LogP contribution in [0.25, 0.3) is 0 Å². The molecule has 0 aliphatic carbocycles. The maximum Gasteiger partial charge on any atom is 0.408 e. The van der Waals surface area contributed by atoms with E-state index in [9.17, 15) is 9.59 Å². The van der Waals surface area contributed by atoms with E-state index in [2.05, 4.69) is 10.6 Å². The number of carbonyl (C=O) groups is 2. The van der Waals surface area contributed by atoms with Crippen molar-refractivity contribution in [3.05, 3.63) is 23.8 Å². The number of hydrogen-bond acceptors (Lipinski definition) is 5. The molecule has 108 valence electrons. The average molecular weight is 280 g/mol. The molecule has 1 aliphatic rings. The van der Waals surface area contributed by atoms with Crippen LogP contribution >= 0.6 is 0 Å². The molecule has 0 spiro atoms. The van der Waals surface area contributed by atoms with Crippen LogP contribution in [-0.4, -0.2) is 38.8 Å². The van der Waals surface area contributed by atoms with Gasteiger partial charge in [-0.05, 0) is 12.1 Å². The summed E-state index contributed by atoms with van der Waals surface area (Å²) in [6.07, 6.45) is -0.636. The van der Waals surface area contributed by atoms with E-state index in [1.807, 2.05) is 0 Å². The van der Waals surface area contributed by atoms with Gasteiger partial charge in [-0.1, -0.05) is 0 Å². The van der Waals surface area contributed by atoms with Crippen molar-refractivity contribution in [3.8, 4) is 11.5 Å². The van der Waals surface area contributed by atoms with Gasteiger partial charge in [0.05, 0.1) is 14.2 Å². The van der Waals surface area contributed by atoms with Gasteiger partial charge in [-0.25, -0.2) is 4.79 Å². The minimum atomic E-state index is -0.636. The second kappa shape index (κ2) is 6.14. The Labute approximate surface area is 116 Å². The van der Waals surface area contributed by atoms with Gasteiger partial charge in [-0.3, -0.25) is 4.79 Å². The molecule has 1 aliphatic heterocycles. The Bertz CT molecular complexity index is 517. The second-order valence-electron chi connectivity index (χ2n) is 4.20. The molecule has 2 amide bonds. The third kappa shape index (κ3) is 3.11. The largest absolute Gasteiger partial charge is 0.497 e. The van der Waals surface area contributed by atoms with Crippen molar-refractivity contribution in [3.63, 3.8) is 0 Å². The first-order chi connectivity index (χ1) is 9.63. The van der Waals surface area contributed by atoms with E-state index in [-0.39, 0.29) is 12.5 Å². The lowest BCUT2D eigenvalue weighted by Crippen LogP contribution is -2.61. The number of benzene rings is 1. The number of ether oxygens (including phenoxy) is 3. The van der Waals surface area contributed by atoms with Gasteiger partial charge in [0, 0.05) is 18.2 Å². The fourth-order valence-corrected chi connectivity index (χ4v) is 1.70. The number of nitrogens with one attached hydrogen (secondary N) is 2. The Morgan fingerprint density at radius 2 is 2.20 bits per heavy atom. The summed E-state index contributed by atoms with van der Waals surface area (Å²) in [6, 6.07) is 4.70. The SMILES string of the molecule is COc1ccc(COC(=O)NC2CNC2=O)c(OC)c1. The molecule has 2 N–H and O–H groups in total. The van der Waals surface area contributed by atoms with Crippen LogP contribution in [0.5, 0.6) is 11.5 Å². The number of carbonyl (C=O) groups excluding carboxylic acids is 2. The van der Waals surface area contributed by atoms with Crippen LogP contribution in [-0.2, 0) is 16.1 Å². The molecule has 1 aromatic carbocycles. The zero-order valence-electron chi connectivity index (χ0n) is 11.3. The van der Waals surface area contributed by atoms with Gasteiger partial charge in [0.2, 0.25) is 5.91 Å². The highest BCUT2D eigenvalue weighted by molar-refractivity contribution is 5.90. The molecular formula is C13H16N2O5. The summed E-state index contributed by atoms with van der Waals surface area (Å²) in [5.41, 5.74) is 0.710. The summed E-state index contributed by atoms with van der Waals surface area (Å²) < 4.78 is 15.3. The van der Waals surface area contributed by atoms with Crippen LogP contribution in [0.15, 0.2) is 18.2 Å². The maximum atomic E-state index is 11.5. The van der Waals surface area contributed by atoms with Gasteiger partial charge in [-0.15, -0.1) is 0 Å². The number of amides is 2. The predicted molar refractivity (Wildman–Crippen MR) is 69.7 cm³/mol. The number of rotatable bonds is 5. The smallest absolute Gasteiger partial charge is 0.408 e. The molecule has 20 heavy (non-hydrogen) atoms. The Balaban J connectivity index is 1.89. The molecule has 1 atom stereocenters. The van der Waals surface area contributed by atoms with Crippen molar-refractivity contribution in [1.82, 2.24) is 10.6 Å². The maximum absolute atomic E-state index is 11.5. The lowest BCUT2D eigenvalue weighted by Gasteiger charge is -2.26. The molecular weight excluding hydrogens is 264 g/mol. The number of alkyl carbamates (subject to hydrolysis) is 1. The zero-order valence-corrected chi connectivity index (χ0v) is 11.3. The van der Waals surface area contributed by atoms with Gasteiger partial charge in [0.15, 0.2) is 0 Å². The molecule has 1 aromatic rings. The Morgan fingerprint density at radius 3 is 2.75 bits per heavy atom. The van der Waals surface area contributed by atoms with E-state index < -0.39 is 12.1 Å². The van der Waals surface area contributed by atoms with Gasteiger partial charge < -0.3 is 24.8 Å². The summed E-state index contributed by atoms with van der Waals surface area (Å²) in [7, 11) is 3.08. The number of methoxy groups -OCH3 is 2. The lowest BCUT2D eigenvalue weighted by molar-refractivity contribution is -0.128. The van der Waals surface area contributed by atoms with Crippen molar-refractivity contribution in [1.29, 1.82) is 0 Å². The summed E-state index contributed by atoms with van der Waals surface area (Å²) in [5, 5.41) is 4.98. The van der Waals surface area contributed by atoms with Gasteiger partial charge >= 0.3 is 6.09 Å². The van der Waals surface area contributed by atoms with Crippen LogP contribution in [0.4, 0.5) is 4.79 Å². The third-order valence-corrected chi connectivity index (χ3v) is 2.94. The van der Waals surface area contributed by atoms with Crippen molar-refractivity contribution >= 4 is 12.0 Å². The quantitative estimate of drug-likeness (QED) is 0.764. The molecule has 0 radical (unpaired) electrons. The number of β-lactam (4-membered cyclic amide) rings is 1. The molecule has 1 heterocycles. The molecule has 7 nitrogen and oxygen atoms in total. The normalized spacial score (nSPS) is 16.7. The topological polar surface area (TPSA) is 85.9 Å². The molecule has 0 bridgehead atoms. The van der Waals surface area contributed by atoms with Gasteiger partial charge in [0.1, 0.15) is 24.1 Å². The first kappa shape index (κ1) is 14.0. The van der Waals surface area contributed by atoms with E-state index in [1.54, 1.807) is 25.3 Å². The van der Waals surface area contributed by atoms with Crippen LogP contribution in [0.2, 0.25) is 0 Å². The van der Waals surface area contributed by atoms with Gasteiger partial charge in [-0.2, -0.15) is 0 Å². The fraction of sp³-hybridized carbons (Fsp3) is 0.385. The summed E-state index contributed by atoms with van der Waals surface area (Å²) in [5.74, 6) is 1.02. The molecule has 7 heteroatoms. The van der Waals surface area contributed by atoms with E-state index in [4.69, 9.17) is 14.2 Å². The fourth-order valence-electron chi connectivity index (χ4n) is 1.70. The highest BCUT2D eigenvalue weighted by Gasteiger charge is 2.29.